The van der Waals surface area contributed by atoms with Gasteiger partial charge in [-0.2, -0.15) is 0 Å². The number of benzene rings is 1. The Hall–Kier alpha value is -0.870. The highest BCUT2D eigenvalue weighted by Gasteiger charge is 2.31. The van der Waals surface area contributed by atoms with Gasteiger partial charge in [0.25, 0.3) is 0 Å². The highest BCUT2D eigenvalue weighted by Crippen LogP contribution is 2.39. The zero-order valence-corrected chi connectivity index (χ0v) is 13.9. The Morgan fingerprint density at radius 3 is 2.62 bits per heavy atom. The van der Waals surface area contributed by atoms with Crippen LogP contribution in [-0.4, -0.2) is 36.5 Å². The summed E-state index contributed by atoms with van der Waals surface area (Å²) < 4.78 is 1.21. The molecule has 1 aliphatic carbocycles. The lowest BCUT2D eigenvalue weighted by atomic mass is 9.76. The Kier molecular flexibility index (Phi) is 4.96. The quantitative estimate of drug-likeness (QED) is 0.903. The smallest absolute Gasteiger partial charge is 0.236 e. The van der Waals surface area contributed by atoms with Gasteiger partial charge in [0.05, 0.1) is 6.54 Å². The SMILES string of the molecule is O=C(CNC1CC(c2ccccc2Br)C1)N1CCCCC1. The Bertz CT molecular complexity index is 493. The van der Waals surface area contributed by atoms with Crippen LogP contribution < -0.4 is 5.32 Å². The van der Waals surface area contributed by atoms with Gasteiger partial charge >= 0.3 is 0 Å². The van der Waals surface area contributed by atoms with Crippen LogP contribution in [0, 0.1) is 0 Å². The third-order valence-electron chi connectivity index (χ3n) is 4.73. The molecule has 3 nitrogen and oxygen atoms in total. The maximum Gasteiger partial charge on any atom is 0.236 e. The van der Waals surface area contributed by atoms with E-state index < -0.39 is 0 Å². The molecule has 4 heteroatoms. The fourth-order valence-corrected chi connectivity index (χ4v) is 3.94. The molecule has 1 aromatic rings. The third-order valence-corrected chi connectivity index (χ3v) is 5.46. The Morgan fingerprint density at radius 2 is 1.90 bits per heavy atom. The number of hydrogen-bond donors (Lipinski definition) is 1. The molecular formula is C17H23BrN2O. The van der Waals surface area contributed by atoms with Crippen LogP contribution in [0.3, 0.4) is 0 Å². The molecule has 0 radical (unpaired) electrons. The number of rotatable bonds is 4. The van der Waals surface area contributed by atoms with Gasteiger partial charge in [-0.3, -0.25) is 4.79 Å². The molecule has 21 heavy (non-hydrogen) atoms. The van der Waals surface area contributed by atoms with Crippen molar-refractivity contribution in [3.05, 3.63) is 34.3 Å². The van der Waals surface area contributed by atoms with Gasteiger partial charge < -0.3 is 10.2 Å². The number of carbonyl (C=O) groups excluding carboxylic acids is 1. The van der Waals surface area contributed by atoms with Crippen LogP contribution in [0.4, 0.5) is 0 Å². The highest BCUT2D eigenvalue weighted by atomic mass is 79.9. The van der Waals surface area contributed by atoms with E-state index in [1.54, 1.807) is 0 Å². The summed E-state index contributed by atoms with van der Waals surface area (Å²) >= 11 is 3.62. The zero-order valence-electron chi connectivity index (χ0n) is 12.4. The number of piperidine rings is 1. The maximum absolute atomic E-state index is 12.1. The summed E-state index contributed by atoms with van der Waals surface area (Å²) in [5.74, 6) is 0.905. The molecule has 1 heterocycles. The van der Waals surface area contributed by atoms with Crippen LogP contribution in [0.25, 0.3) is 0 Å². The monoisotopic (exact) mass is 350 g/mol. The molecule has 1 N–H and O–H groups in total. The van der Waals surface area contributed by atoms with Crippen LogP contribution in [0.2, 0.25) is 0 Å². The molecule has 1 aliphatic heterocycles. The largest absolute Gasteiger partial charge is 0.342 e. The standard InChI is InChI=1S/C17H23BrN2O/c18-16-7-3-2-6-15(16)13-10-14(11-13)19-12-17(21)20-8-4-1-5-9-20/h2-3,6-7,13-14,19H,1,4-5,8-12H2. The summed E-state index contributed by atoms with van der Waals surface area (Å²) in [5, 5.41) is 3.43. The zero-order chi connectivity index (χ0) is 14.7. The first kappa shape index (κ1) is 15.0. The van der Waals surface area contributed by atoms with Gasteiger partial charge in [0.2, 0.25) is 5.91 Å². The van der Waals surface area contributed by atoms with Gasteiger partial charge in [0.15, 0.2) is 0 Å². The molecule has 1 saturated heterocycles. The first-order valence-corrected chi connectivity index (χ1v) is 8.79. The topological polar surface area (TPSA) is 32.3 Å². The van der Waals surface area contributed by atoms with E-state index in [0.29, 0.717) is 18.5 Å². The second-order valence-electron chi connectivity index (χ2n) is 6.21. The van der Waals surface area contributed by atoms with E-state index in [0.717, 1.165) is 25.9 Å². The number of halogens is 1. The van der Waals surface area contributed by atoms with Crippen molar-refractivity contribution in [2.24, 2.45) is 0 Å². The molecule has 0 aromatic heterocycles. The molecule has 2 aliphatic rings. The first-order chi connectivity index (χ1) is 10.2. The molecular weight excluding hydrogens is 328 g/mol. The average molecular weight is 351 g/mol. The summed E-state index contributed by atoms with van der Waals surface area (Å²) in [4.78, 5) is 14.1. The van der Waals surface area contributed by atoms with E-state index in [2.05, 4.69) is 45.5 Å². The summed E-state index contributed by atoms with van der Waals surface area (Å²) in [7, 11) is 0. The minimum Gasteiger partial charge on any atom is -0.342 e. The molecule has 0 spiro atoms. The number of nitrogens with one attached hydrogen (secondary N) is 1. The minimum absolute atomic E-state index is 0.277. The molecule has 3 rings (SSSR count). The van der Waals surface area contributed by atoms with E-state index in [4.69, 9.17) is 0 Å². The van der Waals surface area contributed by atoms with Crippen LogP contribution in [0.15, 0.2) is 28.7 Å². The Labute approximate surface area is 135 Å². The van der Waals surface area contributed by atoms with Crippen LogP contribution in [0.5, 0.6) is 0 Å². The normalized spacial score (nSPS) is 25.5. The number of hydrogen-bond acceptors (Lipinski definition) is 2. The summed E-state index contributed by atoms with van der Waals surface area (Å²) in [5.41, 5.74) is 1.40. The summed E-state index contributed by atoms with van der Waals surface area (Å²) in [6.45, 7) is 2.41. The molecule has 2 fully saturated rings. The Balaban J connectivity index is 1.41. The van der Waals surface area contributed by atoms with Crippen molar-refractivity contribution < 1.29 is 4.79 Å². The summed E-state index contributed by atoms with van der Waals surface area (Å²) in [6.07, 6.45) is 5.87. The van der Waals surface area contributed by atoms with Crippen molar-refractivity contribution in [1.29, 1.82) is 0 Å². The fraction of sp³-hybridized carbons (Fsp3) is 0.588. The molecule has 0 unspecified atom stereocenters. The lowest BCUT2D eigenvalue weighted by Crippen LogP contribution is -2.47. The van der Waals surface area contributed by atoms with E-state index in [-0.39, 0.29) is 5.91 Å². The van der Waals surface area contributed by atoms with Crippen LogP contribution in [-0.2, 0) is 4.79 Å². The first-order valence-electron chi connectivity index (χ1n) is 7.99. The predicted octanol–water partition coefficient (Wildman–Crippen LogP) is 3.30. The number of carbonyl (C=O) groups is 1. The van der Waals surface area contributed by atoms with Crippen LogP contribution >= 0.6 is 15.9 Å². The minimum atomic E-state index is 0.277. The second kappa shape index (κ2) is 6.93. The number of nitrogens with zero attached hydrogens (tertiary/aromatic N) is 1. The van der Waals surface area contributed by atoms with Gasteiger partial charge in [-0.1, -0.05) is 34.1 Å². The maximum atomic E-state index is 12.1. The van der Waals surface area contributed by atoms with E-state index in [1.807, 2.05) is 4.90 Å². The van der Waals surface area contributed by atoms with Crippen molar-refractivity contribution in [2.45, 2.75) is 44.1 Å². The van der Waals surface area contributed by atoms with Gasteiger partial charge in [-0.25, -0.2) is 0 Å². The van der Waals surface area contributed by atoms with Gasteiger partial charge in [-0.15, -0.1) is 0 Å². The average Bonchev–Trinajstić information content (AvgIpc) is 2.48. The molecule has 1 amide bonds. The predicted molar refractivity (Wildman–Crippen MR) is 88.3 cm³/mol. The van der Waals surface area contributed by atoms with E-state index >= 15 is 0 Å². The van der Waals surface area contributed by atoms with Gasteiger partial charge in [-0.05, 0) is 49.7 Å². The highest BCUT2D eigenvalue weighted by molar-refractivity contribution is 9.10. The summed E-state index contributed by atoms with van der Waals surface area (Å²) in [6, 6.07) is 8.95. The van der Waals surface area contributed by atoms with Crippen molar-refractivity contribution in [3.8, 4) is 0 Å². The van der Waals surface area contributed by atoms with Crippen molar-refractivity contribution in [2.75, 3.05) is 19.6 Å². The van der Waals surface area contributed by atoms with Crippen molar-refractivity contribution in [3.63, 3.8) is 0 Å². The number of amides is 1. The lowest BCUT2D eigenvalue weighted by Gasteiger charge is -2.37. The molecule has 1 saturated carbocycles. The van der Waals surface area contributed by atoms with E-state index in [1.165, 1.54) is 29.3 Å². The second-order valence-corrected chi connectivity index (χ2v) is 7.06. The molecule has 114 valence electrons. The molecule has 0 atom stereocenters. The van der Waals surface area contributed by atoms with Crippen molar-refractivity contribution in [1.82, 2.24) is 10.2 Å². The van der Waals surface area contributed by atoms with Gasteiger partial charge in [0.1, 0.15) is 0 Å². The Morgan fingerprint density at radius 1 is 1.19 bits per heavy atom. The third kappa shape index (κ3) is 3.67. The number of likely N-dealkylation sites (tertiary alicyclic amines) is 1. The van der Waals surface area contributed by atoms with E-state index in [9.17, 15) is 4.79 Å². The van der Waals surface area contributed by atoms with Crippen LogP contribution in [0.1, 0.15) is 43.6 Å². The lowest BCUT2D eigenvalue weighted by molar-refractivity contribution is -0.131. The fourth-order valence-electron chi connectivity index (χ4n) is 3.33. The van der Waals surface area contributed by atoms with Crippen molar-refractivity contribution >= 4 is 21.8 Å². The van der Waals surface area contributed by atoms with Gasteiger partial charge in [0, 0.05) is 23.6 Å². The molecule has 1 aromatic carbocycles. The molecule has 0 bridgehead atoms.